The van der Waals surface area contributed by atoms with E-state index in [1.165, 1.54) is 0 Å². The first-order chi connectivity index (χ1) is 10.3. The van der Waals surface area contributed by atoms with Crippen LogP contribution in [0.4, 0.5) is 10.5 Å². The molecule has 0 saturated carbocycles. The predicted octanol–water partition coefficient (Wildman–Crippen LogP) is 3.57. The van der Waals surface area contributed by atoms with E-state index in [1.807, 2.05) is 38.8 Å². The zero-order valence-electron chi connectivity index (χ0n) is 13.7. The number of hydrogen-bond acceptors (Lipinski definition) is 4. The quantitative estimate of drug-likeness (QED) is 0.797. The second kappa shape index (κ2) is 6.73. The Morgan fingerprint density at radius 1 is 1.50 bits per heavy atom. The summed E-state index contributed by atoms with van der Waals surface area (Å²) >= 11 is 5.81. The molecule has 122 valence electrons. The standard InChI is InChI=1S/C16H24ClN3O2/c1-16(2,3)22-15(21)20-9-5-6-13(20)11-19(4)12-7-8-14(17)18-10-12/h7-8,10,13H,5-6,9,11H2,1-4H3/t13-/m0/s1. The number of likely N-dealkylation sites (tertiary alicyclic amines) is 1. The van der Waals surface area contributed by atoms with Crippen molar-refractivity contribution >= 4 is 23.4 Å². The lowest BCUT2D eigenvalue weighted by Gasteiger charge is -2.31. The largest absolute Gasteiger partial charge is 0.444 e. The van der Waals surface area contributed by atoms with E-state index in [-0.39, 0.29) is 12.1 Å². The number of ether oxygens (including phenoxy) is 1. The molecule has 5 nitrogen and oxygen atoms in total. The van der Waals surface area contributed by atoms with E-state index < -0.39 is 5.60 Å². The van der Waals surface area contributed by atoms with Crippen molar-refractivity contribution in [1.29, 1.82) is 0 Å². The number of carbonyl (C=O) groups excluding carboxylic acids is 1. The third kappa shape index (κ3) is 4.50. The fraction of sp³-hybridized carbons (Fsp3) is 0.625. The minimum atomic E-state index is -0.462. The molecular weight excluding hydrogens is 302 g/mol. The maximum absolute atomic E-state index is 12.3. The van der Waals surface area contributed by atoms with Crippen LogP contribution in [0.3, 0.4) is 0 Å². The fourth-order valence-electron chi connectivity index (χ4n) is 2.60. The molecule has 1 aliphatic heterocycles. The van der Waals surface area contributed by atoms with E-state index in [0.29, 0.717) is 5.15 Å². The minimum absolute atomic E-state index is 0.163. The Hall–Kier alpha value is -1.49. The van der Waals surface area contributed by atoms with Gasteiger partial charge in [-0.25, -0.2) is 9.78 Å². The van der Waals surface area contributed by atoms with Crippen LogP contribution in [0, 0.1) is 0 Å². The van der Waals surface area contributed by atoms with Crippen LogP contribution in [0.25, 0.3) is 0 Å². The van der Waals surface area contributed by atoms with Crippen molar-refractivity contribution in [3.8, 4) is 0 Å². The Kier molecular flexibility index (Phi) is 5.16. The molecule has 6 heteroatoms. The maximum atomic E-state index is 12.3. The molecule has 22 heavy (non-hydrogen) atoms. The van der Waals surface area contributed by atoms with E-state index in [0.717, 1.165) is 31.6 Å². The predicted molar refractivity (Wildman–Crippen MR) is 88.5 cm³/mol. The fourth-order valence-corrected chi connectivity index (χ4v) is 2.71. The second-order valence-electron chi connectivity index (χ2n) is 6.69. The van der Waals surface area contributed by atoms with Crippen LogP contribution in [0.15, 0.2) is 18.3 Å². The molecular formula is C16H24ClN3O2. The molecule has 2 rings (SSSR count). The van der Waals surface area contributed by atoms with E-state index >= 15 is 0 Å². The van der Waals surface area contributed by atoms with Crippen molar-refractivity contribution in [1.82, 2.24) is 9.88 Å². The first-order valence-electron chi connectivity index (χ1n) is 7.58. The Balaban J connectivity index is 1.98. The highest BCUT2D eigenvalue weighted by atomic mass is 35.5. The normalized spacial score (nSPS) is 18.4. The smallest absolute Gasteiger partial charge is 0.410 e. The molecule has 0 spiro atoms. The van der Waals surface area contributed by atoms with E-state index in [9.17, 15) is 4.79 Å². The van der Waals surface area contributed by atoms with Gasteiger partial charge < -0.3 is 14.5 Å². The Labute approximate surface area is 137 Å². The molecule has 1 aromatic heterocycles. The molecule has 1 fully saturated rings. The van der Waals surface area contributed by atoms with Crippen LogP contribution >= 0.6 is 11.6 Å². The maximum Gasteiger partial charge on any atom is 0.410 e. The van der Waals surface area contributed by atoms with Crippen LogP contribution in [-0.2, 0) is 4.74 Å². The lowest BCUT2D eigenvalue weighted by Crippen LogP contribution is -2.44. The number of carbonyl (C=O) groups is 1. The van der Waals surface area contributed by atoms with Gasteiger partial charge >= 0.3 is 6.09 Å². The van der Waals surface area contributed by atoms with Crippen LogP contribution in [0.1, 0.15) is 33.6 Å². The molecule has 1 saturated heterocycles. The van der Waals surface area contributed by atoms with Gasteiger partial charge in [0.15, 0.2) is 0 Å². The van der Waals surface area contributed by atoms with Crippen LogP contribution < -0.4 is 4.90 Å². The third-order valence-corrected chi connectivity index (χ3v) is 3.87. The van der Waals surface area contributed by atoms with E-state index in [4.69, 9.17) is 16.3 Å². The molecule has 0 aromatic carbocycles. The summed E-state index contributed by atoms with van der Waals surface area (Å²) in [7, 11) is 2.00. The van der Waals surface area contributed by atoms with Gasteiger partial charge in [-0.15, -0.1) is 0 Å². The van der Waals surface area contributed by atoms with Gasteiger partial charge in [0.25, 0.3) is 0 Å². The number of halogens is 1. The Morgan fingerprint density at radius 2 is 2.23 bits per heavy atom. The monoisotopic (exact) mass is 325 g/mol. The first kappa shape index (κ1) is 16.9. The number of likely N-dealkylation sites (N-methyl/N-ethyl adjacent to an activating group) is 1. The number of anilines is 1. The van der Waals surface area contributed by atoms with Gasteiger partial charge in [-0.05, 0) is 45.7 Å². The minimum Gasteiger partial charge on any atom is -0.444 e. The highest BCUT2D eigenvalue weighted by Crippen LogP contribution is 2.23. The molecule has 0 aliphatic carbocycles. The summed E-state index contributed by atoms with van der Waals surface area (Å²) in [6.07, 6.45) is 3.52. The van der Waals surface area contributed by atoms with Crippen molar-refractivity contribution in [3.63, 3.8) is 0 Å². The highest BCUT2D eigenvalue weighted by molar-refractivity contribution is 6.29. The molecule has 1 aromatic rings. The summed E-state index contributed by atoms with van der Waals surface area (Å²) in [6.45, 7) is 7.18. The summed E-state index contributed by atoms with van der Waals surface area (Å²) in [6, 6.07) is 3.87. The van der Waals surface area contributed by atoms with Crippen molar-refractivity contribution < 1.29 is 9.53 Å². The summed E-state index contributed by atoms with van der Waals surface area (Å²) in [5.74, 6) is 0. The molecule has 1 atom stereocenters. The van der Waals surface area contributed by atoms with Gasteiger partial charge in [0.05, 0.1) is 17.9 Å². The molecule has 1 aliphatic rings. The zero-order valence-corrected chi connectivity index (χ0v) is 14.4. The van der Waals surface area contributed by atoms with E-state index in [2.05, 4.69) is 9.88 Å². The molecule has 0 bridgehead atoms. The number of rotatable bonds is 3. The average Bonchev–Trinajstić information content (AvgIpc) is 2.85. The van der Waals surface area contributed by atoms with Gasteiger partial charge in [-0.1, -0.05) is 11.6 Å². The van der Waals surface area contributed by atoms with Crippen molar-refractivity contribution in [3.05, 3.63) is 23.5 Å². The molecule has 0 radical (unpaired) electrons. The second-order valence-corrected chi connectivity index (χ2v) is 7.08. The molecule has 2 heterocycles. The number of pyridine rings is 1. The van der Waals surface area contributed by atoms with Gasteiger partial charge in [0.1, 0.15) is 10.8 Å². The number of hydrogen-bond donors (Lipinski definition) is 0. The van der Waals surface area contributed by atoms with Crippen molar-refractivity contribution in [2.75, 3.05) is 25.0 Å². The summed E-state index contributed by atoms with van der Waals surface area (Å²) in [4.78, 5) is 20.3. The van der Waals surface area contributed by atoms with Crippen LogP contribution in [0.2, 0.25) is 5.15 Å². The van der Waals surface area contributed by atoms with Gasteiger partial charge in [0, 0.05) is 20.1 Å². The Morgan fingerprint density at radius 3 is 2.82 bits per heavy atom. The SMILES string of the molecule is CN(C[C@@H]1CCCN1C(=O)OC(C)(C)C)c1ccc(Cl)nc1. The van der Waals surface area contributed by atoms with Crippen LogP contribution in [0.5, 0.6) is 0 Å². The lowest BCUT2D eigenvalue weighted by atomic mass is 10.2. The highest BCUT2D eigenvalue weighted by Gasteiger charge is 2.32. The summed E-state index contributed by atoms with van der Waals surface area (Å²) in [5, 5.41) is 0.480. The topological polar surface area (TPSA) is 45.7 Å². The van der Waals surface area contributed by atoms with Crippen molar-refractivity contribution in [2.24, 2.45) is 0 Å². The Bertz CT molecular complexity index is 513. The van der Waals surface area contributed by atoms with Gasteiger partial charge in [-0.2, -0.15) is 0 Å². The number of aromatic nitrogens is 1. The van der Waals surface area contributed by atoms with Crippen LogP contribution in [-0.4, -0.2) is 47.8 Å². The molecule has 0 unspecified atom stereocenters. The molecule has 0 N–H and O–H groups in total. The van der Waals surface area contributed by atoms with Gasteiger partial charge in [-0.3, -0.25) is 0 Å². The number of amides is 1. The first-order valence-corrected chi connectivity index (χ1v) is 7.96. The average molecular weight is 326 g/mol. The van der Waals surface area contributed by atoms with Gasteiger partial charge in [0.2, 0.25) is 0 Å². The molecule has 1 amide bonds. The number of nitrogens with zero attached hydrogens (tertiary/aromatic N) is 3. The lowest BCUT2D eigenvalue weighted by molar-refractivity contribution is 0.0232. The van der Waals surface area contributed by atoms with Crippen molar-refractivity contribution in [2.45, 2.75) is 45.3 Å². The summed E-state index contributed by atoms with van der Waals surface area (Å²) in [5.41, 5.74) is 0.524. The zero-order chi connectivity index (χ0) is 16.3. The van der Waals surface area contributed by atoms with E-state index in [1.54, 1.807) is 12.3 Å². The summed E-state index contributed by atoms with van der Waals surface area (Å²) < 4.78 is 5.49. The third-order valence-electron chi connectivity index (χ3n) is 3.64.